The summed E-state index contributed by atoms with van der Waals surface area (Å²) in [5.74, 6) is 0.175. The van der Waals surface area contributed by atoms with E-state index in [0.29, 0.717) is 32.1 Å². The van der Waals surface area contributed by atoms with Gasteiger partial charge >= 0.3 is 5.51 Å². The molecular weight excluding hydrogens is 539 g/mol. The second-order valence-corrected chi connectivity index (χ2v) is 11.9. The molecule has 2 aromatic carbocycles. The lowest BCUT2D eigenvalue weighted by atomic mass is 10.1. The van der Waals surface area contributed by atoms with Crippen molar-refractivity contribution in [3.63, 3.8) is 0 Å². The predicted molar refractivity (Wildman–Crippen MR) is 143 cm³/mol. The highest BCUT2D eigenvalue weighted by Crippen LogP contribution is 2.35. The summed E-state index contributed by atoms with van der Waals surface area (Å²) in [5, 5.41) is 2.95. The van der Waals surface area contributed by atoms with Crippen molar-refractivity contribution in [3.05, 3.63) is 54.6 Å². The van der Waals surface area contributed by atoms with Crippen molar-refractivity contribution in [2.45, 2.75) is 47.7 Å². The SMILES string of the molecule is CCN(CC)C[C@H]1COCCN1C(=O)C[C@H](CSc1ccccc1)Nc1ccccc1S(=O)(=O)C(F)(F)F. The van der Waals surface area contributed by atoms with Crippen LogP contribution < -0.4 is 5.32 Å². The first-order chi connectivity index (χ1) is 18.1. The highest BCUT2D eigenvalue weighted by atomic mass is 32.2. The van der Waals surface area contributed by atoms with Gasteiger partial charge in [0.25, 0.3) is 9.84 Å². The molecule has 2 atom stereocenters. The fourth-order valence-corrected chi connectivity index (χ4v) is 6.14. The number of alkyl halides is 3. The fourth-order valence-electron chi connectivity index (χ4n) is 4.27. The zero-order valence-corrected chi connectivity index (χ0v) is 23.1. The molecule has 0 spiro atoms. The normalized spacial score (nSPS) is 17.4. The first kappa shape index (κ1) is 30.3. The lowest BCUT2D eigenvalue weighted by Crippen LogP contribution is -2.54. The Morgan fingerprint density at radius 1 is 1.13 bits per heavy atom. The van der Waals surface area contributed by atoms with Crippen molar-refractivity contribution < 1.29 is 31.1 Å². The Kier molecular flexibility index (Phi) is 10.9. The van der Waals surface area contributed by atoms with E-state index in [0.717, 1.165) is 24.1 Å². The van der Waals surface area contributed by atoms with Crippen molar-refractivity contribution >= 4 is 33.2 Å². The molecule has 0 unspecified atom stereocenters. The van der Waals surface area contributed by atoms with E-state index >= 15 is 0 Å². The Balaban J connectivity index is 1.85. The number of carbonyl (C=O) groups excluding carboxylic acids is 1. The number of thioether (sulfide) groups is 1. The van der Waals surface area contributed by atoms with Crippen LogP contribution in [0.3, 0.4) is 0 Å². The van der Waals surface area contributed by atoms with Gasteiger partial charge in [-0.05, 0) is 37.4 Å². The third kappa shape index (κ3) is 7.87. The predicted octanol–water partition coefficient (Wildman–Crippen LogP) is 4.51. The molecule has 38 heavy (non-hydrogen) atoms. The topological polar surface area (TPSA) is 79.0 Å². The maximum absolute atomic E-state index is 13.5. The standard InChI is InChI=1S/C26H34F3N3O4S2/c1-3-31(4-2)17-21-18-36-15-14-32(21)25(33)16-20(19-37-22-10-6-5-7-11-22)30-23-12-8-9-13-24(23)38(34,35)26(27,28)29/h5-13,20-21,30H,3-4,14-19H2,1-2H3/t20-,21+/m1/s1. The minimum Gasteiger partial charge on any atom is -0.380 e. The smallest absolute Gasteiger partial charge is 0.380 e. The summed E-state index contributed by atoms with van der Waals surface area (Å²) in [6.07, 6.45) is -0.0189. The summed E-state index contributed by atoms with van der Waals surface area (Å²) in [7, 11) is -5.58. The number of anilines is 1. The van der Waals surface area contributed by atoms with Gasteiger partial charge in [-0.2, -0.15) is 13.2 Å². The number of ether oxygens (including phenoxy) is 1. The molecule has 0 aliphatic carbocycles. The van der Waals surface area contributed by atoms with Gasteiger partial charge in [0.05, 0.1) is 29.8 Å². The molecule has 7 nitrogen and oxygen atoms in total. The Morgan fingerprint density at radius 3 is 2.45 bits per heavy atom. The Bertz CT molecular complexity index is 1150. The van der Waals surface area contributed by atoms with E-state index < -0.39 is 26.3 Å². The molecule has 1 fully saturated rings. The van der Waals surface area contributed by atoms with Crippen molar-refractivity contribution in [1.29, 1.82) is 0 Å². The number of carbonyl (C=O) groups is 1. The molecule has 0 bridgehead atoms. The third-order valence-electron chi connectivity index (χ3n) is 6.37. The van der Waals surface area contributed by atoms with Gasteiger partial charge in [0.1, 0.15) is 0 Å². The molecule has 1 aliphatic heterocycles. The molecule has 3 rings (SSSR count). The third-order valence-corrected chi connectivity index (χ3v) is 9.09. The quantitative estimate of drug-likeness (QED) is 0.375. The molecule has 1 N–H and O–H groups in total. The number of nitrogens with zero attached hydrogens (tertiary/aromatic N) is 2. The summed E-state index contributed by atoms with van der Waals surface area (Å²) >= 11 is 1.44. The van der Waals surface area contributed by atoms with E-state index in [2.05, 4.69) is 10.2 Å². The number of likely N-dealkylation sites (N-methyl/N-ethyl adjacent to an activating group) is 1. The van der Waals surface area contributed by atoms with Gasteiger partial charge in [0, 0.05) is 36.2 Å². The van der Waals surface area contributed by atoms with Crippen LogP contribution >= 0.6 is 11.8 Å². The lowest BCUT2D eigenvalue weighted by molar-refractivity contribution is -0.140. The lowest BCUT2D eigenvalue weighted by Gasteiger charge is -2.39. The molecule has 12 heteroatoms. The molecule has 1 aliphatic rings. The number of para-hydroxylation sites is 1. The number of sulfone groups is 1. The van der Waals surface area contributed by atoms with Gasteiger partial charge < -0.3 is 19.9 Å². The minimum atomic E-state index is -5.58. The zero-order chi connectivity index (χ0) is 27.8. The maximum Gasteiger partial charge on any atom is 0.501 e. The van der Waals surface area contributed by atoms with Gasteiger partial charge in [0.15, 0.2) is 0 Å². The van der Waals surface area contributed by atoms with E-state index in [1.54, 1.807) is 4.90 Å². The van der Waals surface area contributed by atoms with Crippen molar-refractivity contribution in [2.75, 3.05) is 50.5 Å². The first-order valence-electron chi connectivity index (χ1n) is 12.5. The zero-order valence-electron chi connectivity index (χ0n) is 21.5. The molecule has 0 saturated carbocycles. The average molecular weight is 574 g/mol. The number of rotatable bonds is 12. The van der Waals surface area contributed by atoms with E-state index in [-0.39, 0.29) is 24.1 Å². The van der Waals surface area contributed by atoms with Crippen LogP contribution in [0.4, 0.5) is 18.9 Å². The average Bonchev–Trinajstić information content (AvgIpc) is 2.90. The maximum atomic E-state index is 13.5. The monoisotopic (exact) mass is 573 g/mol. The number of hydrogen-bond acceptors (Lipinski definition) is 7. The van der Waals surface area contributed by atoms with Gasteiger partial charge in [-0.15, -0.1) is 11.8 Å². The highest BCUT2D eigenvalue weighted by molar-refractivity contribution is 7.99. The number of amides is 1. The minimum absolute atomic E-state index is 0.0189. The van der Waals surface area contributed by atoms with Crippen LogP contribution in [-0.4, -0.2) is 86.9 Å². The van der Waals surface area contributed by atoms with Crippen LogP contribution in [0.2, 0.25) is 0 Å². The summed E-state index contributed by atoms with van der Waals surface area (Å²) in [5.41, 5.74) is -5.63. The van der Waals surface area contributed by atoms with Crippen molar-refractivity contribution in [1.82, 2.24) is 9.80 Å². The summed E-state index contributed by atoms with van der Waals surface area (Å²) in [6.45, 7) is 7.65. The van der Waals surface area contributed by atoms with Gasteiger partial charge in [0.2, 0.25) is 5.91 Å². The number of nitrogens with one attached hydrogen (secondary N) is 1. The second kappa shape index (κ2) is 13.7. The van der Waals surface area contributed by atoms with E-state index in [1.807, 2.05) is 44.2 Å². The van der Waals surface area contributed by atoms with Crippen LogP contribution in [-0.2, 0) is 19.4 Å². The number of hydrogen-bond donors (Lipinski definition) is 1. The van der Waals surface area contributed by atoms with Crippen LogP contribution in [0.1, 0.15) is 20.3 Å². The van der Waals surface area contributed by atoms with Gasteiger partial charge in [-0.25, -0.2) is 8.42 Å². The largest absolute Gasteiger partial charge is 0.501 e. The van der Waals surface area contributed by atoms with E-state index in [9.17, 15) is 26.4 Å². The fraction of sp³-hybridized carbons (Fsp3) is 0.500. The summed E-state index contributed by atoms with van der Waals surface area (Å²) in [6, 6.07) is 13.6. The highest BCUT2D eigenvalue weighted by Gasteiger charge is 2.48. The second-order valence-electron chi connectivity index (χ2n) is 8.92. The van der Waals surface area contributed by atoms with Crippen LogP contribution in [0.15, 0.2) is 64.4 Å². The molecule has 0 radical (unpaired) electrons. The van der Waals surface area contributed by atoms with E-state index in [4.69, 9.17) is 4.74 Å². The molecule has 2 aromatic rings. The molecule has 1 heterocycles. The number of halogens is 3. The van der Waals surface area contributed by atoms with Crippen molar-refractivity contribution in [3.8, 4) is 0 Å². The molecule has 1 saturated heterocycles. The van der Waals surface area contributed by atoms with Crippen LogP contribution in [0, 0.1) is 0 Å². The molecule has 1 amide bonds. The Labute approximate surface area is 226 Å². The summed E-state index contributed by atoms with van der Waals surface area (Å²) < 4.78 is 70.2. The summed E-state index contributed by atoms with van der Waals surface area (Å²) in [4.78, 5) is 17.6. The van der Waals surface area contributed by atoms with Crippen LogP contribution in [0.5, 0.6) is 0 Å². The van der Waals surface area contributed by atoms with Gasteiger partial charge in [-0.1, -0.05) is 44.2 Å². The van der Waals surface area contributed by atoms with E-state index in [1.165, 1.54) is 30.0 Å². The van der Waals surface area contributed by atoms with Gasteiger partial charge in [-0.3, -0.25) is 4.79 Å². The molecule has 210 valence electrons. The van der Waals surface area contributed by atoms with Crippen molar-refractivity contribution in [2.24, 2.45) is 0 Å². The Hall–Kier alpha value is -2.28. The first-order valence-corrected chi connectivity index (χ1v) is 15.0. The van der Waals surface area contributed by atoms with Crippen LogP contribution in [0.25, 0.3) is 0 Å². The molecule has 0 aromatic heterocycles. The Morgan fingerprint density at radius 2 is 1.79 bits per heavy atom. The molecular formula is C26H34F3N3O4S2. The number of morpholine rings is 1. The number of benzene rings is 2.